The molecule has 3 aromatic carbocycles. The van der Waals surface area contributed by atoms with Crippen LogP contribution in [0.2, 0.25) is 0 Å². The van der Waals surface area contributed by atoms with Crippen molar-refractivity contribution in [2.45, 2.75) is 84.1 Å². The zero-order valence-electron chi connectivity index (χ0n) is 18.8. The number of benzene rings is 3. The predicted octanol–water partition coefficient (Wildman–Crippen LogP) is 8.09. The van der Waals surface area contributed by atoms with Crippen LogP contribution >= 0.6 is 0 Å². The highest BCUT2D eigenvalue weighted by Gasteiger charge is 2.15. The molecular formula is C28H37NO. The van der Waals surface area contributed by atoms with E-state index < -0.39 is 0 Å². The third-order valence-electron chi connectivity index (χ3n) is 6.13. The van der Waals surface area contributed by atoms with Crippen LogP contribution in [0, 0.1) is 0 Å². The summed E-state index contributed by atoms with van der Waals surface area (Å²) in [6.07, 6.45) is 12.1. The molecule has 0 radical (unpaired) electrons. The average Bonchev–Trinajstić information content (AvgIpc) is 2.76. The Morgan fingerprint density at radius 3 is 1.83 bits per heavy atom. The van der Waals surface area contributed by atoms with Crippen molar-refractivity contribution in [3.63, 3.8) is 0 Å². The van der Waals surface area contributed by atoms with Gasteiger partial charge in [0.2, 0.25) is 5.91 Å². The summed E-state index contributed by atoms with van der Waals surface area (Å²) in [5.74, 6) is 0.169. The summed E-state index contributed by atoms with van der Waals surface area (Å²) in [7, 11) is 0. The number of amides is 1. The van der Waals surface area contributed by atoms with Crippen molar-refractivity contribution in [1.82, 2.24) is 5.32 Å². The minimum absolute atomic E-state index is 0.00735. The summed E-state index contributed by atoms with van der Waals surface area (Å²) in [4.78, 5) is 12.6. The third kappa shape index (κ3) is 6.08. The number of hydrogen-bond acceptors (Lipinski definition) is 1. The highest BCUT2D eigenvalue weighted by atomic mass is 16.1. The fourth-order valence-electron chi connectivity index (χ4n) is 4.50. The van der Waals surface area contributed by atoms with E-state index in [1.807, 2.05) is 0 Å². The Morgan fingerprint density at radius 2 is 1.27 bits per heavy atom. The second-order valence-corrected chi connectivity index (χ2v) is 8.60. The van der Waals surface area contributed by atoms with Crippen LogP contribution in [0.15, 0.2) is 54.6 Å². The van der Waals surface area contributed by atoms with Crippen LogP contribution in [-0.2, 0) is 4.79 Å². The molecule has 0 unspecified atom stereocenters. The number of hydrogen-bond donors (Lipinski definition) is 1. The van der Waals surface area contributed by atoms with Gasteiger partial charge in [0.05, 0.1) is 6.04 Å². The zero-order valence-corrected chi connectivity index (χ0v) is 18.8. The van der Waals surface area contributed by atoms with Crippen molar-refractivity contribution in [3.05, 3.63) is 60.2 Å². The van der Waals surface area contributed by atoms with Gasteiger partial charge >= 0.3 is 0 Å². The number of carbonyl (C=O) groups is 1. The van der Waals surface area contributed by atoms with Gasteiger partial charge in [0, 0.05) is 6.42 Å². The molecule has 2 heteroatoms. The van der Waals surface area contributed by atoms with Gasteiger partial charge in [-0.2, -0.15) is 0 Å². The molecule has 0 fully saturated rings. The quantitative estimate of drug-likeness (QED) is 0.240. The molecule has 0 heterocycles. The van der Waals surface area contributed by atoms with Crippen LogP contribution in [0.5, 0.6) is 0 Å². The first-order valence-corrected chi connectivity index (χ1v) is 11.9. The molecule has 0 aromatic heterocycles. The Bertz CT molecular complexity index is 892. The highest BCUT2D eigenvalue weighted by molar-refractivity contribution is 6.02. The molecule has 0 bridgehead atoms. The monoisotopic (exact) mass is 403 g/mol. The standard InChI is InChI=1S/C28H37NO/c1-3-4-5-6-7-8-9-10-11-20-27(30)29-22(2)28-25-18-14-12-16-23(25)21-24-17-13-15-19-26(24)28/h12-19,21-22H,3-11,20H2,1-2H3,(H,29,30)/t22-/m0/s1. The lowest BCUT2D eigenvalue weighted by Crippen LogP contribution is -2.26. The van der Waals surface area contributed by atoms with Crippen LogP contribution < -0.4 is 5.32 Å². The largest absolute Gasteiger partial charge is 0.350 e. The first-order chi connectivity index (χ1) is 14.7. The van der Waals surface area contributed by atoms with Crippen molar-refractivity contribution in [2.75, 3.05) is 0 Å². The van der Waals surface area contributed by atoms with Gasteiger partial charge < -0.3 is 5.32 Å². The van der Waals surface area contributed by atoms with Crippen molar-refractivity contribution >= 4 is 27.5 Å². The second-order valence-electron chi connectivity index (χ2n) is 8.60. The number of rotatable bonds is 12. The van der Waals surface area contributed by atoms with Crippen LogP contribution in [0.25, 0.3) is 21.5 Å². The minimum atomic E-state index is -0.00735. The van der Waals surface area contributed by atoms with E-state index in [-0.39, 0.29) is 11.9 Å². The van der Waals surface area contributed by atoms with E-state index in [0.717, 1.165) is 12.8 Å². The maximum atomic E-state index is 12.6. The first kappa shape index (κ1) is 22.3. The van der Waals surface area contributed by atoms with Crippen LogP contribution in [-0.4, -0.2) is 5.91 Å². The lowest BCUT2D eigenvalue weighted by molar-refractivity contribution is -0.121. The van der Waals surface area contributed by atoms with Crippen molar-refractivity contribution in [1.29, 1.82) is 0 Å². The molecule has 160 valence electrons. The fourth-order valence-corrected chi connectivity index (χ4v) is 4.50. The predicted molar refractivity (Wildman–Crippen MR) is 130 cm³/mol. The van der Waals surface area contributed by atoms with Gasteiger partial charge in [-0.15, -0.1) is 0 Å². The summed E-state index contributed by atoms with van der Waals surface area (Å²) in [6.45, 7) is 4.37. The molecule has 1 atom stereocenters. The van der Waals surface area contributed by atoms with Gasteiger partial charge in [0.1, 0.15) is 0 Å². The molecule has 2 nitrogen and oxygen atoms in total. The summed E-state index contributed by atoms with van der Waals surface area (Å²) >= 11 is 0. The highest BCUT2D eigenvalue weighted by Crippen LogP contribution is 2.32. The summed E-state index contributed by atoms with van der Waals surface area (Å²) in [5.41, 5.74) is 1.23. The molecule has 1 N–H and O–H groups in total. The third-order valence-corrected chi connectivity index (χ3v) is 6.13. The van der Waals surface area contributed by atoms with Crippen LogP contribution in [0.3, 0.4) is 0 Å². The van der Waals surface area contributed by atoms with Crippen molar-refractivity contribution < 1.29 is 4.79 Å². The maximum absolute atomic E-state index is 12.6. The Morgan fingerprint density at radius 1 is 0.767 bits per heavy atom. The van der Waals surface area contributed by atoms with E-state index in [2.05, 4.69) is 73.8 Å². The van der Waals surface area contributed by atoms with E-state index in [1.165, 1.54) is 72.1 Å². The summed E-state index contributed by atoms with van der Waals surface area (Å²) in [6, 6.07) is 19.2. The molecular weight excluding hydrogens is 366 g/mol. The normalized spacial score (nSPS) is 12.3. The smallest absolute Gasteiger partial charge is 0.220 e. The van der Waals surface area contributed by atoms with Gasteiger partial charge in [0.15, 0.2) is 0 Å². The van der Waals surface area contributed by atoms with E-state index in [1.54, 1.807) is 0 Å². The van der Waals surface area contributed by atoms with Crippen LogP contribution in [0.1, 0.15) is 89.7 Å². The fraction of sp³-hybridized carbons (Fsp3) is 0.464. The first-order valence-electron chi connectivity index (χ1n) is 11.9. The van der Waals surface area contributed by atoms with Crippen molar-refractivity contribution in [2.24, 2.45) is 0 Å². The van der Waals surface area contributed by atoms with Gasteiger partial charge in [0.25, 0.3) is 0 Å². The molecule has 0 spiro atoms. The summed E-state index contributed by atoms with van der Waals surface area (Å²) < 4.78 is 0. The lowest BCUT2D eigenvalue weighted by Gasteiger charge is -2.19. The number of unbranched alkanes of at least 4 members (excludes halogenated alkanes) is 8. The molecule has 0 saturated heterocycles. The molecule has 3 rings (SSSR count). The molecule has 3 aromatic rings. The van der Waals surface area contributed by atoms with E-state index in [9.17, 15) is 4.79 Å². The Kier molecular flexibility index (Phi) is 8.74. The molecule has 30 heavy (non-hydrogen) atoms. The number of fused-ring (bicyclic) bond motifs is 2. The average molecular weight is 404 g/mol. The lowest BCUT2D eigenvalue weighted by atomic mass is 9.93. The van der Waals surface area contributed by atoms with Gasteiger partial charge in [-0.1, -0.05) is 107 Å². The SMILES string of the molecule is CCCCCCCCCCCC(=O)N[C@@H](C)c1c2ccccc2cc2ccccc12. The molecule has 1 amide bonds. The Labute approximate surface area is 182 Å². The minimum Gasteiger partial charge on any atom is -0.350 e. The Hall–Kier alpha value is -2.35. The molecule has 0 aliphatic heterocycles. The molecule has 0 aliphatic carbocycles. The Balaban J connectivity index is 1.54. The molecule has 0 saturated carbocycles. The van der Waals surface area contributed by atoms with E-state index in [4.69, 9.17) is 0 Å². The van der Waals surface area contributed by atoms with E-state index >= 15 is 0 Å². The maximum Gasteiger partial charge on any atom is 0.220 e. The number of carbonyl (C=O) groups excluding carboxylic acids is 1. The van der Waals surface area contributed by atoms with Gasteiger partial charge in [-0.25, -0.2) is 0 Å². The van der Waals surface area contributed by atoms with Gasteiger partial charge in [-0.3, -0.25) is 4.79 Å². The number of nitrogens with one attached hydrogen (secondary N) is 1. The van der Waals surface area contributed by atoms with Crippen LogP contribution in [0.4, 0.5) is 0 Å². The van der Waals surface area contributed by atoms with E-state index in [0.29, 0.717) is 6.42 Å². The zero-order chi connectivity index (χ0) is 21.2. The molecule has 0 aliphatic rings. The topological polar surface area (TPSA) is 29.1 Å². The second kappa shape index (κ2) is 11.7. The van der Waals surface area contributed by atoms with Crippen molar-refractivity contribution in [3.8, 4) is 0 Å². The van der Waals surface area contributed by atoms with Gasteiger partial charge in [-0.05, 0) is 46.5 Å². The summed E-state index contributed by atoms with van der Waals surface area (Å²) in [5, 5.41) is 8.18.